The number of benzene rings is 2. The molecule has 0 spiro atoms. The normalized spacial score (nSPS) is 15.7. The highest BCUT2D eigenvalue weighted by molar-refractivity contribution is 7.89. The third-order valence-electron chi connectivity index (χ3n) is 6.50. The van der Waals surface area contributed by atoms with Crippen molar-refractivity contribution in [2.75, 3.05) is 26.7 Å². The van der Waals surface area contributed by atoms with Crippen LogP contribution in [0.1, 0.15) is 39.2 Å². The number of terminal acetylenes is 1. The van der Waals surface area contributed by atoms with Crippen LogP contribution < -0.4 is 20.2 Å². The lowest BCUT2D eigenvalue weighted by Gasteiger charge is -2.37. The molecular formula is C30H40N4O7S. The SMILES string of the molecule is C#CCCC(=O)N(NC(=O)CNC)[C@@H](Cc1ccccc1)[C@H](O)CN(CC(C)C)S(=O)(=O)c1ccc2c(c1)OC(C)O2. The molecule has 3 N–H and O–H groups in total. The van der Waals surface area contributed by atoms with Crippen LogP contribution in [0.4, 0.5) is 0 Å². The predicted octanol–water partition coefficient (Wildman–Crippen LogP) is 1.92. The van der Waals surface area contributed by atoms with Crippen molar-refractivity contribution in [2.24, 2.45) is 5.92 Å². The van der Waals surface area contributed by atoms with Gasteiger partial charge in [0.15, 0.2) is 11.5 Å². The van der Waals surface area contributed by atoms with Crippen LogP contribution in [0.2, 0.25) is 0 Å². The van der Waals surface area contributed by atoms with E-state index in [-0.39, 0.29) is 49.7 Å². The molecule has 0 bridgehead atoms. The summed E-state index contributed by atoms with van der Waals surface area (Å²) >= 11 is 0. The molecule has 1 unspecified atom stereocenters. The van der Waals surface area contributed by atoms with Crippen molar-refractivity contribution in [3.05, 3.63) is 54.1 Å². The summed E-state index contributed by atoms with van der Waals surface area (Å²) < 4.78 is 40.1. The number of fused-ring (bicyclic) bond motifs is 1. The topological polar surface area (TPSA) is 138 Å². The molecule has 1 heterocycles. The van der Waals surface area contributed by atoms with Gasteiger partial charge >= 0.3 is 0 Å². The predicted molar refractivity (Wildman–Crippen MR) is 158 cm³/mol. The van der Waals surface area contributed by atoms with E-state index < -0.39 is 40.3 Å². The molecule has 2 amide bonds. The van der Waals surface area contributed by atoms with Gasteiger partial charge in [-0.2, -0.15) is 4.31 Å². The number of aliphatic hydroxyl groups is 1. The van der Waals surface area contributed by atoms with E-state index in [9.17, 15) is 23.1 Å². The van der Waals surface area contributed by atoms with E-state index in [1.165, 1.54) is 22.5 Å². The Balaban J connectivity index is 1.99. The van der Waals surface area contributed by atoms with E-state index in [4.69, 9.17) is 15.9 Å². The van der Waals surface area contributed by atoms with Crippen LogP contribution in [0.5, 0.6) is 11.5 Å². The second-order valence-corrected chi connectivity index (χ2v) is 12.4. The molecule has 12 heteroatoms. The first-order valence-electron chi connectivity index (χ1n) is 13.8. The van der Waals surface area contributed by atoms with Gasteiger partial charge in [0.05, 0.1) is 23.6 Å². The summed E-state index contributed by atoms with van der Waals surface area (Å²) in [6.45, 7) is 5.11. The molecule has 2 aromatic rings. The maximum absolute atomic E-state index is 13.9. The third kappa shape index (κ3) is 8.69. The fraction of sp³-hybridized carbons (Fsp3) is 0.467. The zero-order valence-corrected chi connectivity index (χ0v) is 25.3. The molecule has 0 aromatic heterocycles. The van der Waals surface area contributed by atoms with E-state index in [1.807, 2.05) is 44.2 Å². The number of hydrazine groups is 1. The summed E-state index contributed by atoms with van der Waals surface area (Å²) in [6.07, 6.45) is 3.65. The summed E-state index contributed by atoms with van der Waals surface area (Å²) in [5.74, 6) is 2.09. The number of likely N-dealkylation sites (N-methyl/N-ethyl adjacent to an activating group) is 1. The minimum Gasteiger partial charge on any atom is -0.451 e. The fourth-order valence-corrected chi connectivity index (χ4v) is 6.23. The Morgan fingerprint density at radius 2 is 1.79 bits per heavy atom. The second kappa shape index (κ2) is 15.0. The zero-order chi connectivity index (χ0) is 30.9. The first-order chi connectivity index (χ1) is 20.0. The molecule has 42 heavy (non-hydrogen) atoms. The monoisotopic (exact) mass is 600 g/mol. The Labute approximate surface area is 248 Å². The van der Waals surface area contributed by atoms with E-state index in [0.717, 1.165) is 10.6 Å². The summed E-state index contributed by atoms with van der Waals surface area (Å²) in [6, 6.07) is 12.5. The first-order valence-corrected chi connectivity index (χ1v) is 15.3. The van der Waals surface area contributed by atoms with Crippen molar-refractivity contribution in [1.29, 1.82) is 0 Å². The summed E-state index contributed by atoms with van der Waals surface area (Å²) in [4.78, 5) is 25.9. The highest BCUT2D eigenvalue weighted by Gasteiger charge is 2.36. The summed E-state index contributed by atoms with van der Waals surface area (Å²) in [7, 11) is -2.53. The quantitative estimate of drug-likeness (QED) is 0.221. The zero-order valence-electron chi connectivity index (χ0n) is 24.4. The van der Waals surface area contributed by atoms with Gasteiger partial charge in [-0.1, -0.05) is 44.2 Å². The van der Waals surface area contributed by atoms with Gasteiger partial charge in [0.1, 0.15) is 0 Å². The number of rotatable bonds is 14. The van der Waals surface area contributed by atoms with Gasteiger partial charge in [-0.3, -0.25) is 15.0 Å². The maximum Gasteiger partial charge on any atom is 0.252 e. The molecule has 0 fully saturated rings. The molecule has 0 saturated carbocycles. The summed E-state index contributed by atoms with van der Waals surface area (Å²) in [5.41, 5.74) is 3.38. The lowest BCUT2D eigenvalue weighted by molar-refractivity contribution is -0.147. The Hall–Kier alpha value is -3.63. The first kappa shape index (κ1) is 32.9. The number of carbonyl (C=O) groups excluding carboxylic acids is 2. The molecule has 0 radical (unpaired) electrons. The lowest BCUT2D eigenvalue weighted by atomic mass is 9.99. The van der Waals surface area contributed by atoms with Crippen molar-refractivity contribution >= 4 is 21.8 Å². The number of nitrogens with zero attached hydrogens (tertiary/aromatic N) is 2. The Morgan fingerprint density at radius 3 is 2.43 bits per heavy atom. The van der Waals surface area contributed by atoms with E-state index in [2.05, 4.69) is 16.7 Å². The largest absolute Gasteiger partial charge is 0.451 e. The van der Waals surface area contributed by atoms with Gasteiger partial charge in [0.25, 0.3) is 5.91 Å². The van der Waals surface area contributed by atoms with Gasteiger partial charge in [-0.25, -0.2) is 13.4 Å². The highest BCUT2D eigenvalue weighted by atomic mass is 32.2. The Bertz CT molecular complexity index is 1360. The number of carbonyl (C=O) groups is 2. The number of nitrogens with one attached hydrogen (secondary N) is 2. The van der Waals surface area contributed by atoms with E-state index in [0.29, 0.717) is 11.5 Å². The van der Waals surface area contributed by atoms with Gasteiger partial charge < -0.3 is 19.9 Å². The van der Waals surface area contributed by atoms with Crippen molar-refractivity contribution < 1.29 is 32.6 Å². The number of ether oxygens (including phenoxy) is 2. The molecule has 2 aromatic carbocycles. The van der Waals surface area contributed by atoms with E-state index >= 15 is 0 Å². The average molecular weight is 601 g/mol. The van der Waals surface area contributed by atoms with Crippen LogP contribution >= 0.6 is 0 Å². The van der Waals surface area contributed by atoms with Crippen LogP contribution in [0.15, 0.2) is 53.4 Å². The van der Waals surface area contributed by atoms with Crippen LogP contribution in [-0.2, 0) is 26.0 Å². The standard InChI is InChI=1S/C30H40N4O7S/c1-6-7-13-30(37)34(32-29(36)18-31-5)25(16-23-11-9-8-10-12-23)26(35)20-33(19-21(2)3)42(38,39)24-14-15-27-28(17-24)41-22(4)40-27/h1,8-12,14-15,17,21-22,25-26,31,35H,7,13,16,18-20H2,2-5H3,(H,32,36)/t22?,25-,26+/m0/s1. The summed E-state index contributed by atoms with van der Waals surface area (Å²) in [5, 5.41) is 15.5. The number of hydrogen-bond donors (Lipinski definition) is 3. The van der Waals surface area contributed by atoms with Crippen LogP contribution in [0, 0.1) is 18.3 Å². The molecule has 0 aliphatic carbocycles. The number of hydrogen-bond acceptors (Lipinski definition) is 8. The van der Waals surface area contributed by atoms with Gasteiger partial charge in [-0.05, 0) is 37.1 Å². The molecular weight excluding hydrogens is 560 g/mol. The van der Waals surface area contributed by atoms with Crippen LogP contribution in [-0.4, -0.2) is 79.8 Å². The fourth-order valence-electron chi connectivity index (χ4n) is 4.60. The smallest absolute Gasteiger partial charge is 0.252 e. The molecule has 0 saturated heterocycles. The molecule has 3 rings (SSSR count). The highest BCUT2D eigenvalue weighted by Crippen LogP contribution is 2.37. The van der Waals surface area contributed by atoms with Crippen molar-refractivity contribution in [1.82, 2.24) is 20.1 Å². The molecule has 1 aliphatic heterocycles. The second-order valence-electron chi connectivity index (χ2n) is 10.5. The maximum atomic E-state index is 13.9. The number of amides is 2. The van der Waals surface area contributed by atoms with Gasteiger partial charge in [0, 0.05) is 38.9 Å². The van der Waals surface area contributed by atoms with Crippen molar-refractivity contribution in [3.8, 4) is 23.8 Å². The third-order valence-corrected chi connectivity index (χ3v) is 8.32. The van der Waals surface area contributed by atoms with Crippen molar-refractivity contribution in [2.45, 2.75) is 63.4 Å². The minimum atomic E-state index is -4.12. The number of sulfonamides is 1. The van der Waals surface area contributed by atoms with Crippen LogP contribution in [0.3, 0.4) is 0 Å². The average Bonchev–Trinajstić information content (AvgIpc) is 3.33. The molecule has 1 aliphatic rings. The molecule has 228 valence electrons. The Morgan fingerprint density at radius 1 is 1.10 bits per heavy atom. The van der Waals surface area contributed by atoms with E-state index in [1.54, 1.807) is 14.0 Å². The number of aliphatic hydroxyl groups excluding tert-OH is 1. The Kier molecular flexibility index (Phi) is 11.8. The van der Waals surface area contributed by atoms with Gasteiger partial charge in [-0.15, -0.1) is 12.3 Å². The molecule has 11 nitrogen and oxygen atoms in total. The molecule has 3 atom stereocenters. The van der Waals surface area contributed by atoms with Crippen LogP contribution in [0.25, 0.3) is 0 Å². The van der Waals surface area contributed by atoms with Gasteiger partial charge in [0.2, 0.25) is 22.2 Å². The lowest BCUT2D eigenvalue weighted by Crippen LogP contribution is -2.60. The van der Waals surface area contributed by atoms with Crippen molar-refractivity contribution in [3.63, 3.8) is 0 Å². The minimum absolute atomic E-state index is 0.0179.